The lowest BCUT2D eigenvalue weighted by molar-refractivity contribution is -0.139. The standard InChI is InChI=1S/C13H28N6O4/c1-19(8-12(21)22)18-11(20)7-9(4-6-15)17-13(23)10(16)3-2-5-14/h9-10H,2-8,14-16H2,1H3,(H,17,23)(H,18,20)(H,21,22)/t9-,10-/m0/s1. The second-order valence-electron chi connectivity index (χ2n) is 5.31. The van der Waals surface area contributed by atoms with Crippen molar-refractivity contribution in [1.29, 1.82) is 0 Å². The number of carboxylic acids is 1. The molecule has 0 aliphatic heterocycles. The summed E-state index contributed by atoms with van der Waals surface area (Å²) < 4.78 is 0. The van der Waals surface area contributed by atoms with Crippen LogP contribution in [-0.4, -0.2) is 66.7 Å². The minimum absolute atomic E-state index is 0.0174. The van der Waals surface area contributed by atoms with Gasteiger partial charge in [-0.15, -0.1) is 0 Å². The van der Waals surface area contributed by atoms with Crippen LogP contribution in [-0.2, 0) is 14.4 Å². The molecule has 0 aliphatic rings. The predicted octanol–water partition coefficient (Wildman–Crippen LogP) is -2.68. The van der Waals surface area contributed by atoms with Crippen LogP contribution >= 0.6 is 0 Å². The number of carboxylic acid groups (broad SMARTS) is 1. The molecule has 0 fully saturated rings. The summed E-state index contributed by atoms with van der Waals surface area (Å²) in [6.07, 6.45) is 1.49. The first-order chi connectivity index (χ1) is 10.8. The fraction of sp³-hybridized carbons (Fsp3) is 0.769. The smallest absolute Gasteiger partial charge is 0.319 e. The number of likely N-dealkylation sites (N-methyl/N-ethyl adjacent to an activating group) is 1. The third-order valence-electron chi connectivity index (χ3n) is 3.04. The summed E-state index contributed by atoms with van der Waals surface area (Å²) in [5.41, 5.74) is 19.0. The van der Waals surface area contributed by atoms with Crippen LogP contribution in [0.5, 0.6) is 0 Å². The van der Waals surface area contributed by atoms with Gasteiger partial charge in [-0.1, -0.05) is 0 Å². The third kappa shape index (κ3) is 10.6. The van der Waals surface area contributed by atoms with E-state index in [0.29, 0.717) is 32.4 Å². The first-order valence-electron chi connectivity index (χ1n) is 7.48. The lowest BCUT2D eigenvalue weighted by atomic mass is 10.1. The average molecular weight is 332 g/mol. The van der Waals surface area contributed by atoms with Gasteiger partial charge in [0.15, 0.2) is 0 Å². The quantitative estimate of drug-likeness (QED) is 0.209. The molecule has 0 aromatic carbocycles. The summed E-state index contributed by atoms with van der Waals surface area (Å²) in [5, 5.41) is 12.5. The maximum Gasteiger partial charge on any atom is 0.319 e. The fourth-order valence-corrected chi connectivity index (χ4v) is 1.93. The number of aliphatic carboxylic acids is 1. The highest BCUT2D eigenvalue weighted by atomic mass is 16.4. The van der Waals surface area contributed by atoms with Crippen LogP contribution in [0.15, 0.2) is 0 Å². The van der Waals surface area contributed by atoms with Gasteiger partial charge in [-0.25, -0.2) is 5.01 Å². The van der Waals surface area contributed by atoms with E-state index in [-0.39, 0.29) is 18.9 Å². The maximum absolute atomic E-state index is 11.9. The molecule has 0 aliphatic carbocycles. The van der Waals surface area contributed by atoms with Gasteiger partial charge in [-0.2, -0.15) is 0 Å². The van der Waals surface area contributed by atoms with Gasteiger partial charge in [-0.3, -0.25) is 19.8 Å². The second kappa shape index (κ2) is 11.8. The number of amides is 2. The number of carbonyl (C=O) groups is 3. The van der Waals surface area contributed by atoms with E-state index in [1.165, 1.54) is 7.05 Å². The molecule has 134 valence electrons. The summed E-state index contributed by atoms with van der Waals surface area (Å²) in [6, 6.07) is -1.15. The third-order valence-corrected chi connectivity index (χ3v) is 3.04. The Morgan fingerprint density at radius 2 is 1.83 bits per heavy atom. The van der Waals surface area contributed by atoms with Crippen LogP contribution in [0.2, 0.25) is 0 Å². The zero-order chi connectivity index (χ0) is 17.8. The molecule has 0 unspecified atom stereocenters. The van der Waals surface area contributed by atoms with Gasteiger partial charge < -0.3 is 27.6 Å². The Morgan fingerprint density at radius 1 is 1.17 bits per heavy atom. The van der Waals surface area contributed by atoms with Crippen LogP contribution in [0.1, 0.15) is 25.7 Å². The van der Waals surface area contributed by atoms with Gasteiger partial charge in [0.05, 0.1) is 6.04 Å². The molecule has 0 bridgehead atoms. The average Bonchev–Trinajstić information content (AvgIpc) is 2.43. The molecule has 0 spiro atoms. The molecule has 0 saturated heterocycles. The number of carbonyl (C=O) groups excluding carboxylic acids is 2. The topological polar surface area (TPSA) is 177 Å². The van der Waals surface area contributed by atoms with Crippen LogP contribution < -0.4 is 27.9 Å². The molecule has 10 heteroatoms. The first kappa shape index (κ1) is 21.2. The number of nitrogens with one attached hydrogen (secondary N) is 2. The molecule has 0 heterocycles. The van der Waals surface area contributed by atoms with E-state index < -0.39 is 24.0 Å². The molecular weight excluding hydrogens is 304 g/mol. The highest BCUT2D eigenvalue weighted by molar-refractivity contribution is 5.83. The van der Waals surface area contributed by atoms with E-state index in [9.17, 15) is 14.4 Å². The van der Waals surface area contributed by atoms with Crippen molar-refractivity contribution < 1.29 is 19.5 Å². The molecule has 10 nitrogen and oxygen atoms in total. The first-order valence-corrected chi connectivity index (χ1v) is 7.48. The van der Waals surface area contributed by atoms with Crippen molar-refractivity contribution in [2.45, 2.75) is 37.8 Å². The molecular formula is C13H28N6O4. The van der Waals surface area contributed by atoms with Crippen molar-refractivity contribution in [3.63, 3.8) is 0 Å². The molecule has 2 amide bonds. The van der Waals surface area contributed by atoms with E-state index in [2.05, 4.69) is 10.7 Å². The molecule has 2 atom stereocenters. The van der Waals surface area contributed by atoms with Crippen molar-refractivity contribution >= 4 is 17.8 Å². The lowest BCUT2D eigenvalue weighted by Crippen LogP contribution is -2.49. The molecule has 0 aromatic rings. The Labute approximate surface area is 135 Å². The molecule has 0 rings (SSSR count). The van der Waals surface area contributed by atoms with Gasteiger partial charge in [0.2, 0.25) is 11.8 Å². The Hall–Kier alpha value is -1.75. The van der Waals surface area contributed by atoms with Gasteiger partial charge in [-0.05, 0) is 32.4 Å². The monoisotopic (exact) mass is 332 g/mol. The van der Waals surface area contributed by atoms with Crippen LogP contribution in [0.3, 0.4) is 0 Å². The predicted molar refractivity (Wildman–Crippen MR) is 84.9 cm³/mol. The Balaban J connectivity index is 4.41. The number of hydrogen-bond acceptors (Lipinski definition) is 7. The second-order valence-corrected chi connectivity index (χ2v) is 5.31. The van der Waals surface area contributed by atoms with Gasteiger partial charge in [0.1, 0.15) is 6.54 Å². The summed E-state index contributed by atoms with van der Waals surface area (Å²) >= 11 is 0. The normalized spacial score (nSPS) is 13.4. The van der Waals surface area contributed by atoms with Crippen molar-refractivity contribution in [2.75, 3.05) is 26.7 Å². The Kier molecular flexibility index (Phi) is 10.9. The minimum atomic E-state index is -1.06. The molecule has 0 radical (unpaired) electrons. The van der Waals surface area contributed by atoms with Gasteiger partial charge in [0, 0.05) is 19.5 Å². The van der Waals surface area contributed by atoms with E-state index in [0.717, 1.165) is 5.01 Å². The summed E-state index contributed by atoms with van der Waals surface area (Å²) in [7, 11) is 1.44. The number of nitrogens with zero attached hydrogens (tertiary/aromatic N) is 1. The SMILES string of the molecule is CN(CC(=O)O)NC(=O)C[C@H](CCN)NC(=O)[C@@H](N)CCCN. The fourth-order valence-electron chi connectivity index (χ4n) is 1.93. The van der Waals surface area contributed by atoms with E-state index >= 15 is 0 Å². The molecule has 0 saturated carbocycles. The van der Waals surface area contributed by atoms with E-state index in [4.69, 9.17) is 22.3 Å². The molecule has 0 aromatic heterocycles. The van der Waals surface area contributed by atoms with Gasteiger partial charge >= 0.3 is 5.97 Å². The highest BCUT2D eigenvalue weighted by Gasteiger charge is 2.20. The van der Waals surface area contributed by atoms with Crippen LogP contribution in [0, 0.1) is 0 Å². The minimum Gasteiger partial charge on any atom is -0.480 e. The Bertz CT molecular complexity index is 393. The van der Waals surface area contributed by atoms with E-state index in [1.54, 1.807) is 0 Å². The zero-order valence-electron chi connectivity index (χ0n) is 13.5. The summed E-state index contributed by atoms with van der Waals surface area (Å²) in [4.78, 5) is 34.3. The molecule has 9 N–H and O–H groups in total. The lowest BCUT2D eigenvalue weighted by Gasteiger charge is -2.22. The highest BCUT2D eigenvalue weighted by Crippen LogP contribution is 2.01. The van der Waals surface area contributed by atoms with Crippen LogP contribution in [0.4, 0.5) is 0 Å². The number of nitrogens with two attached hydrogens (primary N) is 3. The summed E-state index contributed by atoms with van der Waals surface area (Å²) in [5.74, 6) is -1.84. The van der Waals surface area contributed by atoms with Crippen molar-refractivity contribution in [2.24, 2.45) is 17.2 Å². The number of rotatable bonds is 12. The summed E-state index contributed by atoms with van der Waals surface area (Å²) in [6.45, 7) is 0.413. The number of hydrogen-bond donors (Lipinski definition) is 6. The largest absolute Gasteiger partial charge is 0.480 e. The van der Waals surface area contributed by atoms with Crippen molar-refractivity contribution in [1.82, 2.24) is 15.8 Å². The molecule has 23 heavy (non-hydrogen) atoms. The zero-order valence-corrected chi connectivity index (χ0v) is 13.5. The van der Waals surface area contributed by atoms with Crippen molar-refractivity contribution in [3.8, 4) is 0 Å². The number of hydrazine groups is 1. The maximum atomic E-state index is 11.9. The van der Waals surface area contributed by atoms with E-state index in [1.807, 2.05) is 0 Å². The van der Waals surface area contributed by atoms with Crippen LogP contribution in [0.25, 0.3) is 0 Å². The Morgan fingerprint density at radius 3 is 2.35 bits per heavy atom. The van der Waals surface area contributed by atoms with Crippen molar-refractivity contribution in [3.05, 3.63) is 0 Å². The van der Waals surface area contributed by atoms with Gasteiger partial charge in [0.25, 0.3) is 0 Å².